The Hall–Kier alpha value is -2.77. The normalized spacial score (nSPS) is 15.2. The Morgan fingerprint density at radius 2 is 1.72 bits per heavy atom. The highest BCUT2D eigenvalue weighted by atomic mass is 19.1. The molecule has 3 N–H and O–H groups in total. The largest absolute Gasteiger partial charge is 0.376 e. The van der Waals surface area contributed by atoms with E-state index in [2.05, 4.69) is 10.2 Å². The van der Waals surface area contributed by atoms with E-state index in [1.807, 2.05) is 0 Å². The third-order valence-corrected chi connectivity index (χ3v) is 5.06. The van der Waals surface area contributed by atoms with Crippen LogP contribution in [0.1, 0.15) is 28.8 Å². The van der Waals surface area contributed by atoms with Gasteiger partial charge in [-0.2, -0.15) is 0 Å². The summed E-state index contributed by atoms with van der Waals surface area (Å²) in [5.74, 6) is -0.348. The minimum absolute atomic E-state index is 0.0807. The summed E-state index contributed by atoms with van der Waals surface area (Å²) in [7, 11) is 0. The average molecular weight is 399 g/mol. The zero-order valence-corrected chi connectivity index (χ0v) is 16.3. The fourth-order valence-electron chi connectivity index (χ4n) is 3.36. The van der Waals surface area contributed by atoms with Gasteiger partial charge in [-0.3, -0.25) is 14.5 Å². The molecule has 0 atom stereocenters. The second kappa shape index (κ2) is 10.1. The molecule has 7 heteroatoms. The molecule has 29 heavy (non-hydrogen) atoms. The zero-order chi connectivity index (χ0) is 20.6. The van der Waals surface area contributed by atoms with Crippen molar-refractivity contribution in [2.75, 3.05) is 31.6 Å². The minimum Gasteiger partial charge on any atom is -0.376 e. The van der Waals surface area contributed by atoms with Crippen LogP contribution in [0.3, 0.4) is 0 Å². The lowest BCUT2D eigenvalue weighted by atomic mass is 9.98. The predicted octanol–water partition coefficient (Wildman–Crippen LogP) is 2.79. The number of nitrogens with one attached hydrogen (secondary N) is 1. The summed E-state index contributed by atoms with van der Waals surface area (Å²) in [6, 6.07) is 12.9. The Morgan fingerprint density at radius 3 is 2.34 bits per heavy atom. The number of carbonyl (C=O) groups is 2. The lowest BCUT2D eigenvalue weighted by Crippen LogP contribution is -2.40. The maximum Gasteiger partial charge on any atom is 0.248 e. The summed E-state index contributed by atoms with van der Waals surface area (Å²) >= 11 is 0. The Kier molecular flexibility index (Phi) is 7.32. The molecular weight excluding hydrogens is 373 g/mol. The number of ether oxygens (including phenoxy) is 1. The van der Waals surface area contributed by atoms with Crippen molar-refractivity contribution < 1.29 is 18.7 Å². The molecule has 1 aliphatic heterocycles. The molecule has 6 nitrogen and oxygen atoms in total. The van der Waals surface area contributed by atoms with E-state index in [1.54, 1.807) is 36.4 Å². The standard InChI is InChI=1S/C22H26FN3O3/c23-19-5-1-16(2-6-19)14-29-15-17-9-11-26(12-10-17)13-21(27)25-20-7-3-18(4-8-20)22(24)28/h1-8,17H,9-15H2,(H2,24,28)(H,25,27). The molecule has 0 unspecified atom stereocenters. The van der Waals surface area contributed by atoms with E-state index in [9.17, 15) is 14.0 Å². The molecule has 2 aromatic carbocycles. The molecule has 2 aromatic rings. The molecule has 1 saturated heterocycles. The zero-order valence-electron chi connectivity index (χ0n) is 16.3. The molecule has 0 radical (unpaired) electrons. The summed E-state index contributed by atoms with van der Waals surface area (Å²) in [6.07, 6.45) is 1.95. The van der Waals surface area contributed by atoms with E-state index < -0.39 is 5.91 Å². The molecule has 0 aliphatic carbocycles. The van der Waals surface area contributed by atoms with Gasteiger partial charge in [0.15, 0.2) is 0 Å². The number of carbonyl (C=O) groups excluding carboxylic acids is 2. The van der Waals surface area contributed by atoms with Crippen LogP contribution in [0, 0.1) is 11.7 Å². The monoisotopic (exact) mass is 399 g/mol. The highest BCUT2D eigenvalue weighted by Gasteiger charge is 2.21. The molecule has 1 fully saturated rings. The van der Waals surface area contributed by atoms with Crippen LogP contribution in [0.25, 0.3) is 0 Å². The molecule has 0 bridgehead atoms. The van der Waals surface area contributed by atoms with Crippen LogP contribution in [0.4, 0.5) is 10.1 Å². The molecular formula is C22H26FN3O3. The fourth-order valence-corrected chi connectivity index (χ4v) is 3.36. The van der Waals surface area contributed by atoms with Gasteiger partial charge in [0.1, 0.15) is 5.82 Å². The first-order valence-corrected chi connectivity index (χ1v) is 9.74. The number of primary amides is 1. The van der Waals surface area contributed by atoms with Gasteiger partial charge in [-0.25, -0.2) is 4.39 Å². The number of likely N-dealkylation sites (tertiary alicyclic amines) is 1. The predicted molar refractivity (Wildman–Crippen MR) is 109 cm³/mol. The Morgan fingerprint density at radius 1 is 1.07 bits per heavy atom. The van der Waals surface area contributed by atoms with E-state index in [0.717, 1.165) is 31.5 Å². The van der Waals surface area contributed by atoms with E-state index in [4.69, 9.17) is 10.5 Å². The first-order valence-electron chi connectivity index (χ1n) is 9.74. The Balaban J connectivity index is 1.34. The van der Waals surface area contributed by atoms with Crippen LogP contribution in [0.5, 0.6) is 0 Å². The van der Waals surface area contributed by atoms with Crippen molar-refractivity contribution in [3.63, 3.8) is 0 Å². The van der Waals surface area contributed by atoms with Gasteiger partial charge < -0.3 is 15.8 Å². The SMILES string of the molecule is NC(=O)c1ccc(NC(=O)CN2CCC(COCc3ccc(F)cc3)CC2)cc1. The number of halogens is 1. The molecule has 3 rings (SSSR count). The van der Waals surface area contributed by atoms with Crippen molar-refractivity contribution >= 4 is 17.5 Å². The van der Waals surface area contributed by atoms with E-state index in [0.29, 0.717) is 36.9 Å². The smallest absolute Gasteiger partial charge is 0.248 e. The number of piperidine rings is 1. The molecule has 2 amide bonds. The summed E-state index contributed by atoms with van der Waals surface area (Å²) in [4.78, 5) is 25.4. The first-order chi connectivity index (χ1) is 14.0. The third kappa shape index (κ3) is 6.66. The highest BCUT2D eigenvalue weighted by molar-refractivity contribution is 5.95. The van der Waals surface area contributed by atoms with Crippen LogP contribution in [0.2, 0.25) is 0 Å². The first kappa shape index (κ1) is 21.0. The number of amides is 2. The van der Waals surface area contributed by atoms with Gasteiger partial charge in [0, 0.05) is 17.9 Å². The molecule has 0 spiro atoms. The maximum absolute atomic E-state index is 12.9. The van der Waals surface area contributed by atoms with Crippen molar-refractivity contribution in [3.05, 3.63) is 65.5 Å². The summed E-state index contributed by atoms with van der Waals surface area (Å²) in [5.41, 5.74) is 7.22. The molecule has 1 heterocycles. The number of benzene rings is 2. The quantitative estimate of drug-likeness (QED) is 0.715. The van der Waals surface area contributed by atoms with Gasteiger partial charge in [0.05, 0.1) is 13.2 Å². The fraction of sp³-hybridized carbons (Fsp3) is 0.364. The average Bonchev–Trinajstić information content (AvgIpc) is 2.71. The van der Waals surface area contributed by atoms with Crippen LogP contribution in [-0.2, 0) is 16.1 Å². The van der Waals surface area contributed by atoms with Crippen LogP contribution < -0.4 is 11.1 Å². The second-order valence-electron chi connectivity index (χ2n) is 7.35. The van der Waals surface area contributed by atoms with Crippen molar-refractivity contribution in [2.24, 2.45) is 11.7 Å². The molecule has 154 valence electrons. The number of nitrogens with two attached hydrogens (primary N) is 1. The van der Waals surface area contributed by atoms with Crippen molar-refractivity contribution in [1.29, 1.82) is 0 Å². The Bertz CT molecular complexity index is 816. The summed E-state index contributed by atoms with van der Waals surface area (Å²) in [5, 5.41) is 2.84. The van der Waals surface area contributed by atoms with Crippen molar-refractivity contribution in [2.45, 2.75) is 19.4 Å². The van der Waals surface area contributed by atoms with Crippen LogP contribution in [-0.4, -0.2) is 43.0 Å². The van der Waals surface area contributed by atoms with Gasteiger partial charge in [-0.1, -0.05) is 12.1 Å². The molecule has 1 aliphatic rings. The molecule has 0 saturated carbocycles. The third-order valence-electron chi connectivity index (χ3n) is 5.06. The number of hydrogen-bond donors (Lipinski definition) is 2. The van der Waals surface area contributed by atoms with Crippen molar-refractivity contribution in [3.8, 4) is 0 Å². The minimum atomic E-state index is -0.493. The van der Waals surface area contributed by atoms with E-state index >= 15 is 0 Å². The van der Waals surface area contributed by atoms with E-state index in [-0.39, 0.29) is 11.7 Å². The van der Waals surface area contributed by atoms with Crippen LogP contribution >= 0.6 is 0 Å². The lowest BCUT2D eigenvalue weighted by molar-refractivity contribution is -0.117. The number of anilines is 1. The van der Waals surface area contributed by atoms with E-state index in [1.165, 1.54) is 12.1 Å². The van der Waals surface area contributed by atoms with Crippen molar-refractivity contribution in [1.82, 2.24) is 4.90 Å². The van der Waals surface area contributed by atoms with Crippen LogP contribution in [0.15, 0.2) is 48.5 Å². The highest BCUT2D eigenvalue weighted by Crippen LogP contribution is 2.18. The number of hydrogen-bond acceptors (Lipinski definition) is 4. The topological polar surface area (TPSA) is 84.7 Å². The Labute approximate surface area is 169 Å². The van der Waals surface area contributed by atoms with Gasteiger partial charge >= 0.3 is 0 Å². The maximum atomic E-state index is 12.9. The van der Waals surface area contributed by atoms with Gasteiger partial charge in [-0.05, 0) is 73.8 Å². The molecule has 0 aromatic heterocycles. The van der Waals surface area contributed by atoms with Gasteiger partial charge in [0.25, 0.3) is 0 Å². The van der Waals surface area contributed by atoms with Gasteiger partial charge in [-0.15, -0.1) is 0 Å². The van der Waals surface area contributed by atoms with Gasteiger partial charge in [0.2, 0.25) is 11.8 Å². The summed E-state index contributed by atoms with van der Waals surface area (Å²) < 4.78 is 18.7. The summed E-state index contributed by atoms with van der Waals surface area (Å²) in [6.45, 7) is 3.18. The second-order valence-corrected chi connectivity index (χ2v) is 7.35. The lowest BCUT2D eigenvalue weighted by Gasteiger charge is -2.31. The number of rotatable bonds is 8. The number of nitrogens with zero attached hydrogens (tertiary/aromatic N) is 1.